The smallest absolute Gasteiger partial charge is 0.329 e. The molecular formula is C21H23NO6S. The van der Waals surface area contributed by atoms with E-state index in [1.807, 2.05) is 30.3 Å². The van der Waals surface area contributed by atoms with Crippen molar-refractivity contribution in [3.8, 4) is 5.75 Å². The van der Waals surface area contributed by atoms with E-state index in [-0.39, 0.29) is 36.7 Å². The third-order valence-corrected chi connectivity index (χ3v) is 5.00. The molecule has 0 saturated carbocycles. The van der Waals surface area contributed by atoms with Crippen molar-refractivity contribution >= 4 is 29.2 Å². The molecule has 154 valence electrons. The van der Waals surface area contributed by atoms with Crippen LogP contribution in [0.3, 0.4) is 0 Å². The average molecular weight is 417 g/mol. The highest BCUT2D eigenvalue weighted by Gasteiger charge is 2.31. The van der Waals surface area contributed by atoms with E-state index in [9.17, 15) is 19.5 Å². The third-order valence-electron chi connectivity index (χ3n) is 4.11. The van der Waals surface area contributed by atoms with Gasteiger partial charge in [-0.05, 0) is 23.4 Å². The molecule has 1 heterocycles. The summed E-state index contributed by atoms with van der Waals surface area (Å²) in [4.78, 5) is 38.5. The molecule has 7 nitrogen and oxygen atoms in total. The van der Waals surface area contributed by atoms with Crippen LogP contribution in [0, 0.1) is 0 Å². The Hall–Kier alpha value is -3.13. The first-order chi connectivity index (χ1) is 13.9. The van der Waals surface area contributed by atoms with Crippen LogP contribution < -0.4 is 0 Å². The third kappa shape index (κ3) is 6.46. The van der Waals surface area contributed by atoms with E-state index in [0.717, 1.165) is 16.9 Å². The molecular weight excluding hydrogens is 394 g/mol. The van der Waals surface area contributed by atoms with Gasteiger partial charge in [0.25, 0.3) is 5.91 Å². The summed E-state index contributed by atoms with van der Waals surface area (Å²) in [5.74, 6) is -1.84. The highest BCUT2D eigenvalue weighted by molar-refractivity contribution is 7.12. The first-order valence-corrected chi connectivity index (χ1v) is 9.82. The van der Waals surface area contributed by atoms with Crippen LogP contribution >= 0.6 is 11.3 Å². The topological polar surface area (TPSA) is 93.1 Å². The number of ether oxygens (including phenoxy) is 2. The fourth-order valence-electron chi connectivity index (χ4n) is 2.54. The normalized spacial score (nSPS) is 11.3. The lowest BCUT2D eigenvalue weighted by Gasteiger charge is -2.26. The van der Waals surface area contributed by atoms with E-state index in [1.165, 1.54) is 24.1 Å². The lowest BCUT2D eigenvalue weighted by Crippen LogP contribution is -2.43. The van der Waals surface area contributed by atoms with Crippen LogP contribution in [0.5, 0.6) is 5.75 Å². The molecule has 1 aromatic carbocycles. The van der Waals surface area contributed by atoms with Crippen LogP contribution in [-0.2, 0) is 25.7 Å². The number of hydrogen-bond acceptors (Lipinski definition) is 7. The van der Waals surface area contributed by atoms with E-state index in [1.54, 1.807) is 5.38 Å². The number of aromatic hydroxyl groups is 1. The van der Waals surface area contributed by atoms with Crippen molar-refractivity contribution in [1.82, 2.24) is 4.90 Å². The summed E-state index contributed by atoms with van der Waals surface area (Å²) in [5.41, 5.74) is 0.801. The number of rotatable bonds is 10. The van der Waals surface area contributed by atoms with Crippen molar-refractivity contribution in [2.45, 2.75) is 25.5 Å². The second-order valence-corrected chi connectivity index (χ2v) is 7.09. The number of likely N-dealkylation sites (N-methyl/N-ethyl adjacent to an activating group) is 1. The monoisotopic (exact) mass is 417 g/mol. The Bertz CT molecular complexity index is 848. The summed E-state index contributed by atoms with van der Waals surface area (Å²) in [6.45, 7) is 3.58. The van der Waals surface area contributed by atoms with Gasteiger partial charge >= 0.3 is 11.9 Å². The molecule has 0 bridgehead atoms. The largest absolute Gasteiger partial charge is 0.506 e. The average Bonchev–Trinajstić information content (AvgIpc) is 3.16. The molecule has 1 aromatic heterocycles. The van der Waals surface area contributed by atoms with E-state index >= 15 is 0 Å². The maximum Gasteiger partial charge on any atom is 0.329 e. The van der Waals surface area contributed by atoms with Crippen LogP contribution in [0.2, 0.25) is 0 Å². The van der Waals surface area contributed by atoms with Crippen molar-refractivity contribution in [2.24, 2.45) is 0 Å². The predicted molar refractivity (Wildman–Crippen MR) is 108 cm³/mol. The Morgan fingerprint density at radius 3 is 2.55 bits per heavy atom. The fourth-order valence-corrected chi connectivity index (χ4v) is 3.30. The summed E-state index contributed by atoms with van der Waals surface area (Å²) in [6.07, 6.45) is 1.39. The SMILES string of the molecule is C=CCOC(=O)CC[C@@H](C(=O)OCc1ccccc1)N(C)C(=O)c1sccc1O. The number of carbonyl (C=O) groups excluding carboxylic acids is 3. The van der Waals surface area contributed by atoms with Gasteiger partial charge in [-0.2, -0.15) is 0 Å². The molecule has 1 N–H and O–H groups in total. The Morgan fingerprint density at radius 1 is 1.21 bits per heavy atom. The van der Waals surface area contributed by atoms with E-state index < -0.39 is 23.9 Å². The van der Waals surface area contributed by atoms with Crippen molar-refractivity contribution in [3.63, 3.8) is 0 Å². The molecule has 0 aliphatic heterocycles. The van der Waals surface area contributed by atoms with Gasteiger partial charge in [-0.15, -0.1) is 11.3 Å². The number of hydrogen-bond donors (Lipinski definition) is 1. The molecule has 0 aliphatic carbocycles. The molecule has 0 radical (unpaired) electrons. The molecule has 29 heavy (non-hydrogen) atoms. The second-order valence-electron chi connectivity index (χ2n) is 6.17. The molecule has 0 fully saturated rings. The molecule has 1 atom stereocenters. The van der Waals surface area contributed by atoms with Gasteiger partial charge in [-0.3, -0.25) is 9.59 Å². The van der Waals surface area contributed by atoms with Crippen molar-refractivity contribution < 1.29 is 29.0 Å². The Morgan fingerprint density at radius 2 is 1.93 bits per heavy atom. The van der Waals surface area contributed by atoms with Crippen molar-refractivity contribution in [2.75, 3.05) is 13.7 Å². The van der Waals surface area contributed by atoms with E-state index in [4.69, 9.17) is 9.47 Å². The van der Waals surface area contributed by atoms with Crippen LogP contribution in [-0.4, -0.2) is 47.5 Å². The summed E-state index contributed by atoms with van der Waals surface area (Å²) in [5, 5.41) is 11.4. The zero-order chi connectivity index (χ0) is 21.2. The van der Waals surface area contributed by atoms with Crippen molar-refractivity contribution in [3.05, 3.63) is 64.9 Å². The van der Waals surface area contributed by atoms with Gasteiger partial charge in [0.2, 0.25) is 0 Å². The van der Waals surface area contributed by atoms with E-state index in [2.05, 4.69) is 6.58 Å². The number of benzene rings is 1. The number of esters is 2. The molecule has 0 saturated heterocycles. The van der Waals surface area contributed by atoms with Crippen LogP contribution in [0.15, 0.2) is 54.4 Å². The number of amides is 1. The van der Waals surface area contributed by atoms with Crippen molar-refractivity contribution in [1.29, 1.82) is 0 Å². The number of nitrogens with zero attached hydrogens (tertiary/aromatic N) is 1. The lowest BCUT2D eigenvalue weighted by atomic mass is 10.1. The Balaban J connectivity index is 2.09. The minimum atomic E-state index is -1.01. The molecule has 0 unspecified atom stereocenters. The molecule has 1 amide bonds. The molecule has 0 spiro atoms. The maximum atomic E-state index is 12.7. The van der Waals surface area contributed by atoms with Gasteiger partial charge < -0.3 is 19.5 Å². The molecule has 8 heteroatoms. The Labute approximate surface area is 173 Å². The standard InChI is InChI=1S/C21H23NO6S/c1-3-12-27-18(24)10-9-16(21(26)28-14-15-7-5-4-6-8-15)22(2)20(25)19-17(23)11-13-29-19/h3-8,11,13,16,23H,1,9-10,12,14H2,2H3/t16-/m0/s1. The number of carbonyl (C=O) groups is 3. The summed E-state index contributed by atoms with van der Waals surface area (Å²) in [6, 6.07) is 9.52. The first-order valence-electron chi connectivity index (χ1n) is 8.94. The maximum absolute atomic E-state index is 12.7. The zero-order valence-electron chi connectivity index (χ0n) is 16.1. The minimum Gasteiger partial charge on any atom is -0.506 e. The number of thiophene rings is 1. The minimum absolute atomic E-state index is 0.0258. The van der Waals surface area contributed by atoms with Gasteiger partial charge in [0.15, 0.2) is 0 Å². The molecule has 2 aromatic rings. The highest BCUT2D eigenvalue weighted by Crippen LogP contribution is 2.26. The van der Waals surface area contributed by atoms with Crippen LogP contribution in [0.25, 0.3) is 0 Å². The van der Waals surface area contributed by atoms with Gasteiger partial charge in [0.1, 0.15) is 29.9 Å². The van der Waals surface area contributed by atoms with E-state index in [0.29, 0.717) is 0 Å². The second kappa shape index (κ2) is 11.0. The zero-order valence-corrected chi connectivity index (χ0v) is 16.9. The van der Waals surface area contributed by atoms with Gasteiger partial charge in [0, 0.05) is 13.5 Å². The van der Waals surface area contributed by atoms with Crippen LogP contribution in [0.4, 0.5) is 0 Å². The summed E-state index contributed by atoms with van der Waals surface area (Å²) in [7, 11) is 1.44. The van der Waals surface area contributed by atoms with Crippen LogP contribution in [0.1, 0.15) is 28.1 Å². The Kier molecular flexibility index (Phi) is 8.42. The lowest BCUT2D eigenvalue weighted by molar-refractivity contribution is -0.151. The van der Waals surface area contributed by atoms with Gasteiger partial charge in [-0.1, -0.05) is 43.0 Å². The van der Waals surface area contributed by atoms with Gasteiger partial charge in [0.05, 0.1) is 0 Å². The summed E-state index contributed by atoms with van der Waals surface area (Å²) < 4.78 is 10.3. The highest BCUT2D eigenvalue weighted by atomic mass is 32.1. The quantitative estimate of drug-likeness (QED) is 0.472. The molecule has 0 aliphatic rings. The summed E-state index contributed by atoms with van der Waals surface area (Å²) >= 11 is 1.06. The first kappa shape index (κ1) is 22.2. The predicted octanol–water partition coefficient (Wildman–Crippen LogP) is 3.15. The fraction of sp³-hybridized carbons (Fsp3) is 0.286. The molecule has 2 rings (SSSR count). The van der Waals surface area contributed by atoms with Gasteiger partial charge in [-0.25, -0.2) is 4.79 Å².